The molecule has 0 saturated carbocycles. The predicted octanol–water partition coefficient (Wildman–Crippen LogP) is 3.90. The van der Waals surface area contributed by atoms with Gasteiger partial charge in [-0.15, -0.1) is 0 Å². The molecule has 0 aliphatic heterocycles. The second kappa shape index (κ2) is 5.76. The molecule has 2 heterocycles. The number of rotatable bonds is 4. The molecule has 18 heavy (non-hydrogen) atoms. The summed E-state index contributed by atoms with van der Waals surface area (Å²) in [5.74, 6) is 0.643. The molecule has 0 aromatic carbocycles. The third-order valence-electron chi connectivity index (χ3n) is 2.99. The highest BCUT2D eigenvalue weighted by Gasteiger charge is 2.06. The van der Waals surface area contributed by atoms with Gasteiger partial charge in [-0.25, -0.2) is 0 Å². The maximum atomic E-state index is 4.53. The summed E-state index contributed by atoms with van der Waals surface area (Å²) in [4.78, 5) is 9.00. The van der Waals surface area contributed by atoms with Gasteiger partial charge in [-0.3, -0.25) is 9.97 Å². The molecule has 2 aromatic heterocycles. The van der Waals surface area contributed by atoms with Crippen LogP contribution < -0.4 is 0 Å². The van der Waals surface area contributed by atoms with Crippen molar-refractivity contribution in [2.75, 3.05) is 0 Å². The smallest absolute Gasteiger partial charge is 0.0749 e. The minimum absolute atomic E-state index is 0.643. The lowest BCUT2D eigenvalue weighted by Gasteiger charge is -2.08. The lowest BCUT2D eigenvalue weighted by Crippen LogP contribution is -1.98. The minimum atomic E-state index is 0.643. The number of hydrogen-bond donors (Lipinski definition) is 0. The van der Waals surface area contributed by atoms with E-state index in [2.05, 4.69) is 48.9 Å². The standard InChI is InChI=1S/C16H20N2/c1-4-13-6-5-9-17-16(13)14-7-8-15(18-11-14)10-12(2)3/h5-9,11-12H,4,10H2,1-3H3. The Morgan fingerprint density at radius 1 is 1.11 bits per heavy atom. The van der Waals surface area contributed by atoms with Gasteiger partial charge in [-0.2, -0.15) is 0 Å². The molecule has 0 bridgehead atoms. The van der Waals surface area contributed by atoms with E-state index in [4.69, 9.17) is 0 Å². The maximum absolute atomic E-state index is 4.53. The van der Waals surface area contributed by atoms with E-state index in [-0.39, 0.29) is 0 Å². The topological polar surface area (TPSA) is 25.8 Å². The van der Waals surface area contributed by atoms with Crippen LogP contribution in [0.2, 0.25) is 0 Å². The fourth-order valence-corrected chi connectivity index (χ4v) is 2.09. The van der Waals surface area contributed by atoms with Crippen LogP contribution in [0.1, 0.15) is 32.0 Å². The molecule has 94 valence electrons. The van der Waals surface area contributed by atoms with Gasteiger partial charge in [0.2, 0.25) is 0 Å². The van der Waals surface area contributed by atoms with E-state index in [1.165, 1.54) is 5.56 Å². The molecule has 0 amide bonds. The summed E-state index contributed by atoms with van der Waals surface area (Å²) in [5.41, 5.74) is 4.60. The summed E-state index contributed by atoms with van der Waals surface area (Å²) in [6.45, 7) is 6.58. The molecule has 2 aromatic rings. The molecule has 2 rings (SSSR count). The van der Waals surface area contributed by atoms with Crippen LogP contribution in [0.4, 0.5) is 0 Å². The van der Waals surface area contributed by atoms with E-state index >= 15 is 0 Å². The zero-order chi connectivity index (χ0) is 13.0. The molecule has 0 aliphatic carbocycles. The first-order valence-corrected chi connectivity index (χ1v) is 6.60. The maximum Gasteiger partial charge on any atom is 0.0749 e. The van der Waals surface area contributed by atoms with Gasteiger partial charge in [0.1, 0.15) is 0 Å². The number of pyridine rings is 2. The Labute approximate surface area is 109 Å². The van der Waals surface area contributed by atoms with Crippen molar-refractivity contribution in [1.29, 1.82) is 0 Å². The van der Waals surface area contributed by atoms with Crippen LogP contribution in [0.25, 0.3) is 11.3 Å². The van der Waals surface area contributed by atoms with Gasteiger partial charge in [0, 0.05) is 23.7 Å². The third-order valence-corrected chi connectivity index (χ3v) is 2.99. The van der Waals surface area contributed by atoms with E-state index in [1.807, 2.05) is 18.5 Å². The monoisotopic (exact) mass is 240 g/mol. The fraction of sp³-hybridized carbons (Fsp3) is 0.375. The molecule has 0 atom stereocenters. The van der Waals surface area contributed by atoms with Gasteiger partial charge >= 0.3 is 0 Å². The number of nitrogens with zero attached hydrogens (tertiary/aromatic N) is 2. The summed E-state index contributed by atoms with van der Waals surface area (Å²) in [5, 5.41) is 0. The van der Waals surface area contributed by atoms with Gasteiger partial charge < -0.3 is 0 Å². The van der Waals surface area contributed by atoms with Gasteiger partial charge in [0.25, 0.3) is 0 Å². The SMILES string of the molecule is CCc1cccnc1-c1ccc(CC(C)C)nc1. The zero-order valence-corrected chi connectivity index (χ0v) is 11.4. The van der Waals surface area contributed by atoms with Crippen LogP contribution in [-0.4, -0.2) is 9.97 Å². The summed E-state index contributed by atoms with van der Waals surface area (Å²) >= 11 is 0. The average molecular weight is 240 g/mol. The van der Waals surface area contributed by atoms with E-state index < -0.39 is 0 Å². The molecule has 0 saturated heterocycles. The Balaban J connectivity index is 2.28. The Morgan fingerprint density at radius 2 is 1.94 bits per heavy atom. The van der Waals surface area contributed by atoms with Crippen molar-refractivity contribution < 1.29 is 0 Å². The van der Waals surface area contributed by atoms with Crippen molar-refractivity contribution in [3.63, 3.8) is 0 Å². The molecule has 0 unspecified atom stereocenters. The second-order valence-electron chi connectivity index (χ2n) is 5.00. The van der Waals surface area contributed by atoms with E-state index in [0.29, 0.717) is 5.92 Å². The first-order chi connectivity index (χ1) is 8.70. The first kappa shape index (κ1) is 12.7. The van der Waals surface area contributed by atoms with Crippen LogP contribution in [0, 0.1) is 5.92 Å². The molecule has 0 spiro atoms. The molecule has 0 fully saturated rings. The van der Waals surface area contributed by atoms with Crippen molar-refractivity contribution in [3.8, 4) is 11.3 Å². The first-order valence-electron chi connectivity index (χ1n) is 6.60. The molecular weight excluding hydrogens is 220 g/mol. The van der Waals surface area contributed by atoms with Crippen LogP contribution in [-0.2, 0) is 12.8 Å². The largest absolute Gasteiger partial charge is 0.261 e. The summed E-state index contributed by atoms with van der Waals surface area (Å²) < 4.78 is 0. The summed E-state index contributed by atoms with van der Waals surface area (Å²) in [6.07, 6.45) is 5.82. The molecule has 0 aliphatic rings. The Morgan fingerprint density at radius 3 is 2.56 bits per heavy atom. The normalized spacial score (nSPS) is 10.9. The van der Waals surface area contributed by atoms with Gasteiger partial charge in [-0.1, -0.05) is 26.8 Å². The summed E-state index contributed by atoms with van der Waals surface area (Å²) in [6, 6.07) is 8.36. The van der Waals surface area contributed by atoms with Crippen molar-refractivity contribution in [2.24, 2.45) is 5.92 Å². The minimum Gasteiger partial charge on any atom is -0.261 e. The number of hydrogen-bond acceptors (Lipinski definition) is 2. The second-order valence-corrected chi connectivity index (χ2v) is 5.00. The lowest BCUT2D eigenvalue weighted by molar-refractivity contribution is 0.635. The Bertz CT molecular complexity index is 501. The molecule has 0 N–H and O–H groups in total. The average Bonchev–Trinajstić information content (AvgIpc) is 2.39. The van der Waals surface area contributed by atoms with Crippen molar-refractivity contribution in [3.05, 3.63) is 47.9 Å². The zero-order valence-electron chi connectivity index (χ0n) is 11.4. The van der Waals surface area contributed by atoms with E-state index in [0.717, 1.165) is 29.8 Å². The Kier molecular flexibility index (Phi) is 4.08. The quantitative estimate of drug-likeness (QED) is 0.810. The number of aromatic nitrogens is 2. The van der Waals surface area contributed by atoms with E-state index in [9.17, 15) is 0 Å². The highest BCUT2D eigenvalue weighted by atomic mass is 14.7. The number of aryl methyl sites for hydroxylation is 1. The highest BCUT2D eigenvalue weighted by Crippen LogP contribution is 2.21. The molecule has 2 heteroatoms. The van der Waals surface area contributed by atoms with Crippen molar-refractivity contribution in [1.82, 2.24) is 9.97 Å². The van der Waals surface area contributed by atoms with Crippen LogP contribution in [0.3, 0.4) is 0 Å². The van der Waals surface area contributed by atoms with Gasteiger partial charge in [0.15, 0.2) is 0 Å². The van der Waals surface area contributed by atoms with Gasteiger partial charge in [0.05, 0.1) is 5.69 Å². The van der Waals surface area contributed by atoms with Crippen LogP contribution >= 0.6 is 0 Å². The van der Waals surface area contributed by atoms with Crippen molar-refractivity contribution >= 4 is 0 Å². The fourth-order valence-electron chi connectivity index (χ4n) is 2.09. The van der Waals surface area contributed by atoms with Crippen LogP contribution in [0.15, 0.2) is 36.7 Å². The third kappa shape index (κ3) is 2.95. The summed E-state index contributed by atoms with van der Waals surface area (Å²) in [7, 11) is 0. The molecule has 0 radical (unpaired) electrons. The Hall–Kier alpha value is -1.70. The van der Waals surface area contributed by atoms with Crippen LogP contribution in [0.5, 0.6) is 0 Å². The van der Waals surface area contributed by atoms with Crippen molar-refractivity contribution in [2.45, 2.75) is 33.6 Å². The highest BCUT2D eigenvalue weighted by molar-refractivity contribution is 5.61. The predicted molar refractivity (Wildman–Crippen MR) is 75.4 cm³/mol. The van der Waals surface area contributed by atoms with Gasteiger partial charge in [-0.05, 0) is 42.5 Å². The van der Waals surface area contributed by atoms with E-state index in [1.54, 1.807) is 0 Å². The molecular formula is C16H20N2. The lowest BCUT2D eigenvalue weighted by atomic mass is 10.0. The molecule has 2 nitrogen and oxygen atoms in total.